The molecule has 0 saturated heterocycles. The van der Waals surface area contributed by atoms with Gasteiger partial charge in [0.05, 0.1) is 36.7 Å². The molecule has 94 valence electrons. The topological polar surface area (TPSA) is 44.8 Å². The molecule has 1 rings (SSSR count). The minimum atomic E-state index is -0.0940. The summed E-state index contributed by atoms with van der Waals surface area (Å²) in [4.78, 5) is 11.8. The van der Waals surface area contributed by atoms with Gasteiger partial charge in [-0.1, -0.05) is 15.9 Å². The van der Waals surface area contributed by atoms with E-state index in [0.717, 1.165) is 0 Å². The van der Waals surface area contributed by atoms with Crippen LogP contribution in [0.4, 0.5) is 0 Å². The molecule has 0 heterocycles. The van der Waals surface area contributed by atoms with Gasteiger partial charge in [0.2, 0.25) is 5.75 Å². The van der Waals surface area contributed by atoms with E-state index in [9.17, 15) is 4.79 Å². The maximum atomic E-state index is 11.8. The Hall–Kier alpha value is -0.750. The number of methoxy groups -OCH3 is 3. The first-order valence-electron chi connectivity index (χ1n) is 4.68. The van der Waals surface area contributed by atoms with Crippen LogP contribution in [0.1, 0.15) is 10.4 Å². The third-order valence-electron chi connectivity index (χ3n) is 2.18. The summed E-state index contributed by atoms with van der Waals surface area (Å²) in [6, 6.07) is 1.66. The quantitative estimate of drug-likeness (QED) is 0.592. The first-order valence-corrected chi connectivity index (χ1v) is 6.59. The van der Waals surface area contributed by atoms with Gasteiger partial charge in [-0.05, 0) is 22.0 Å². The molecule has 0 aliphatic rings. The van der Waals surface area contributed by atoms with Crippen molar-refractivity contribution in [3.8, 4) is 17.2 Å². The fourth-order valence-corrected chi connectivity index (χ4v) is 2.32. The molecule has 1 aromatic carbocycles. The van der Waals surface area contributed by atoms with E-state index in [1.165, 1.54) is 21.3 Å². The Morgan fingerprint density at radius 2 is 1.65 bits per heavy atom. The molecule has 0 amide bonds. The van der Waals surface area contributed by atoms with Crippen LogP contribution < -0.4 is 14.2 Å². The lowest BCUT2D eigenvalue weighted by atomic mass is 10.1. The normalized spacial score (nSPS) is 9.94. The van der Waals surface area contributed by atoms with Crippen LogP contribution in [0, 0.1) is 0 Å². The molecular formula is C11H12Br2O4. The van der Waals surface area contributed by atoms with Crippen LogP contribution in [0.5, 0.6) is 17.2 Å². The van der Waals surface area contributed by atoms with Crippen molar-refractivity contribution in [1.82, 2.24) is 0 Å². The Bertz CT molecular complexity index is 432. The molecule has 0 aromatic heterocycles. The van der Waals surface area contributed by atoms with E-state index < -0.39 is 0 Å². The number of ketones is 1. The Balaban J connectivity index is 3.53. The van der Waals surface area contributed by atoms with Gasteiger partial charge in [-0.3, -0.25) is 4.79 Å². The van der Waals surface area contributed by atoms with Gasteiger partial charge in [-0.25, -0.2) is 0 Å². The molecule has 0 aliphatic carbocycles. The number of carbonyl (C=O) groups excluding carboxylic acids is 1. The number of hydrogen-bond donors (Lipinski definition) is 0. The van der Waals surface area contributed by atoms with Gasteiger partial charge in [0.25, 0.3) is 0 Å². The lowest BCUT2D eigenvalue weighted by Crippen LogP contribution is -2.06. The van der Waals surface area contributed by atoms with Gasteiger partial charge in [-0.2, -0.15) is 0 Å². The second-order valence-corrected chi connectivity index (χ2v) is 4.48. The Morgan fingerprint density at radius 3 is 2.06 bits per heavy atom. The minimum Gasteiger partial charge on any atom is -0.492 e. The van der Waals surface area contributed by atoms with Crippen LogP contribution in [0.15, 0.2) is 10.5 Å². The van der Waals surface area contributed by atoms with Crippen molar-refractivity contribution in [3.63, 3.8) is 0 Å². The highest BCUT2D eigenvalue weighted by atomic mass is 79.9. The first-order chi connectivity index (χ1) is 8.10. The molecule has 6 heteroatoms. The predicted molar refractivity (Wildman–Crippen MR) is 71.9 cm³/mol. The zero-order valence-electron chi connectivity index (χ0n) is 9.67. The number of Topliss-reactive ketones (excluding diaryl/α,β-unsaturated/α-hetero) is 1. The summed E-state index contributed by atoms with van der Waals surface area (Å²) >= 11 is 6.46. The van der Waals surface area contributed by atoms with E-state index >= 15 is 0 Å². The average Bonchev–Trinajstić information content (AvgIpc) is 2.36. The highest BCUT2D eigenvalue weighted by Gasteiger charge is 2.22. The van der Waals surface area contributed by atoms with Crippen LogP contribution >= 0.6 is 31.9 Å². The molecule has 0 saturated carbocycles. The molecule has 0 aliphatic heterocycles. The number of carbonyl (C=O) groups is 1. The predicted octanol–water partition coefficient (Wildman–Crippen LogP) is 3.05. The van der Waals surface area contributed by atoms with Crippen LogP contribution in [0.2, 0.25) is 0 Å². The second-order valence-electron chi connectivity index (χ2n) is 3.06. The summed E-state index contributed by atoms with van der Waals surface area (Å²) in [6.07, 6.45) is 0. The van der Waals surface area contributed by atoms with E-state index in [1.807, 2.05) is 0 Å². The lowest BCUT2D eigenvalue weighted by molar-refractivity contribution is 0.102. The van der Waals surface area contributed by atoms with E-state index in [-0.39, 0.29) is 11.1 Å². The molecule has 0 bridgehead atoms. The molecular weight excluding hydrogens is 356 g/mol. The number of halogens is 2. The van der Waals surface area contributed by atoms with Crippen LogP contribution in [0.25, 0.3) is 0 Å². The maximum Gasteiger partial charge on any atom is 0.205 e. The summed E-state index contributed by atoms with van der Waals surface area (Å²) in [6.45, 7) is 0. The van der Waals surface area contributed by atoms with E-state index in [0.29, 0.717) is 27.3 Å². The van der Waals surface area contributed by atoms with Crippen molar-refractivity contribution in [2.24, 2.45) is 0 Å². The minimum absolute atomic E-state index is 0.0940. The molecule has 0 unspecified atom stereocenters. The lowest BCUT2D eigenvalue weighted by Gasteiger charge is -2.16. The largest absolute Gasteiger partial charge is 0.492 e. The molecule has 0 N–H and O–H groups in total. The van der Waals surface area contributed by atoms with Crippen LogP contribution in [0.3, 0.4) is 0 Å². The number of ether oxygens (including phenoxy) is 3. The molecule has 4 nitrogen and oxygen atoms in total. The Kier molecular flexibility index (Phi) is 5.27. The number of rotatable bonds is 5. The van der Waals surface area contributed by atoms with Crippen molar-refractivity contribution in [3.05, 3.63) is 16.1 Å². The molecule has 0 spiro atoms. The Labute approximate surface area is 116 Å². The number of benzene rings is 1. The molecule has 17 heavy (non-hydrogen) atoms. The first kappa shape index (κ1) is 14.3. The molecule has 0 radical (unpaired) electrons. The van der Waals surface area contributed by atoms with E-state index in [1.54, 1.807) is 6.07 Å². The highest BCUT2D eigenvalue weighted by molar-refractivity contribution is 9.10. The van der Waals surface area contributed by atoms with Crippen molar-refractivity contribution >= 4 is 37.6 Å². The number of alkyl halides is 1. The van der Waals surface area contributed by atoms with Crippen molar-refractivity contribution in [1.29, 1.82) is 0 Å². The van der Waals surface area contributed by atoms with Crippen molar-refractivity contribution in [2.45, 2.75) is 0 Å². The summed E-state index contributed by atoms with van der Waals surface area (Å²) in [5.74, 6) is 1.17. The van der Waals surface area contributed by atoms with Crippen LogP contribution in [-0.4, -0.2) is 32.4 Å². The monoisotopic (exact) mass is 366 g/mol. The smallest absolute Gasteiger partial charge is 0.205 e. The molecule has 0 fully saturated rings. The van der Waals surface area contributed by atoms with Crippen LogP contribution in [-0.2, 0) is 0 Å². The zero-order valence-corrected chi connectivity index (χ0v) is 12.8. The van der Waals surface area contributed by atoms with E-state index in [4.69, 9.17) is 14.2 Å². The Morgan fingerprint density at radius 1 is 1.12 bits per heavy atom. The SMILES string of the molecule is COc1c(Br)cc(C(=O)CBr)c(OC)c1OC. The van der Waals surface area contributed by atoms with Gasteiger partial charge >= 0.3 is 0 Å². The van der Waals surface area contributed by atoms with E-state index in [2.05, 4.69) is 31.9 Å². The third-order valence-corrected chi connectivity index (χ3v) is 3.28. The standard InChI is InChI=1S/C11H12Br2O4/c1-15-9-6(8(14)5-12)4-7(13)10(16-2)11(9)17-3/h4H,5H2,1-3H3. The molecule has 0 atom stereocenters. The van der Waals surface area contributed by atoms with Gasteiger partial charge in [0, 0.05) is 0 Å². The molecule has 1 aromatic rings. The average molecular weight is 368 g/mol. The summed E-state index contributed by atoms with van der Waals surface area (Å²) in [7, 11) is 4.50. The highest BCUT2D eigenvalue weighted by Crippen LogP contribution is 2.45. The summed E-state index contributed by atoms with van der Waals surface area (Å²) < 4.78 is 16.3. The number of hydrogen-bond acceptors (Lipinski definition) is 4. The van der Waals surface area contributed by atoms with Crippen molar-refractivity contribution < 1.29 is 19.0 Å². The second kappa shape index (κ2) is 6.26. The van der Waals surface area contributed by atoms with Gasteiger partial charge in [0.15, 0.2) is 17.3 Å². The van der Waals surface area contributed by atoms with Gasteiger partial charge < -0.3 is 14.2 Å². The zero-order chi connectivity index (χ0) is 13.0. The summed E-state index contributed by atoms with van der Waals surface area (Å²) in [5.41, 5.74) is 0.439. The third kappa shape index (κ3) is 2.74. The maximum absolute atomic E-state index is 11.8. The van der Waals surface area contributed by atoms with Gasteiger partial charge in [-0.15, -0.1) is 0 Å². The fourth-order valence-electron chi connectivity index (χ4n) is 1.45. The summed E-state index contributed by atoms with van der Waals surface area (Å²) in [5, 5.41) is 0.214. The van der Waals surface area contributed by atoms with Gasteiger partial charge in [0.1, 0.15) is 0 Å². The fraction of sp³-hybridized carbons (Fsp3) is 0.364. The van der Waals surface area contributed by atoms with Crippen molar-refractivity contribution in [2.75, 3.05) is 26.7 Å².